The summed E-state index contributed by atoms with van der Waals surface area (Å²) in [7, 11) is 1.90. The third kappa shape index (κ3) is 5.21. The van der Waals surface area contributed by atoms with Gasteiger partial charge in [-0.1, -0.05) is 31.4 Å². The number of benzene rings is 1. The third-order valence-corrected chi connectivity index (χ3v) is 6.14. The van der Waals surface area contributed by atoms with Crippen LogP contribution in [0.4, 0.5) is 4.79 Å². The number of rotatable bonds is 6. The summed E-state index contributed by atoms with van der Waals surface area (Å²) in [5.41, 5.74) is 1.73. The summed E-state index contributed by atoms with van der Waals surface area (Å²) in [6, 6.07) is 8.23. The molecule has 1 amide bonds. The molecule has 0 radical (unpaired) electrons. The van der Waals surface area contributed by atoms with E-state index in [0.717, 1.165) is 62.7 Å². The van der Waals surface area contributed by atoms with Crippen molar-refractivity contribution in [2.45, 2.75) is 38.1 Å². The summed E-state index contributed by atoms with van der Waals surface area (Å²) in [4.78, 5) is 21.5. The van der Waals surface area contributed by atoms with Crippen LogP contribution < -0.4 is 4.74 Å². The fourth-order valence-electron chi connectivity index (χ4n) is 4.25. The van der Waals surface area contributed by atoms with Gasteiger partial charge in [-0.15, -0.1) is 0 Å². The van der Waals surface area contributed by atoms with Crippen molar-refractivity contribution in [3.63, 3.8) is 0 Å². The molecule has 30 heavy (non-hydrogen) atoms. The van der Waals surface area contributed by atoms with Gasteiger partial charge in [-0.3, -0.25) is 9.47 Å². The van der Waals surface area contributed by atoms with Crippen molar-refractivity contribution in [2.75, 3.05) is 46.5 Å². The zero-order chi connectivity index (χ0) is 20.8. The van der Waals surface area contributed by atoms with Crippen LogP contribution in [0.15, 0.2) is 36.8 Å². The lowest BCUT2D eigenvalue weighted by atomic mass is 9.95. The largest absolute Gasteiger partial charge is 0.492 e. The van der Waals surface area contributed by atoms with Crippen LogP contribution in [0.2, 0.25) is 0 Å². The Bertz CT molecular complexity index is 825. The Morgan fingerprint density at radius 2 is 2.03 bits per heavy atom. The molecule has 4 rings (SSSR count). The van der Waals surface area contributed by atoms with E-state index in [4.69, 9.17) is 9.47 Å². The van der Waals surface area contributed by atoms with Gasteiger partial charge in [0.2, 0.25) is 0 Å². The number of hydrogen-bond donors (Lipinski definition) is 0. The number of hydrogen-bond acceptors (Lipinski definition) is 5. The van der Waals surface area contributed by atoms with E-state index in [0.29, 0.717) is 12.6 Å². The molecule has 1 aromatic heterocycles. The summed E-state index contributed by atoms with van der Waals surface area (Å²) in [6.07, 6.45) is 9.29. The van der Waals surface area contributed by atoms with E-state index in [2.05, 4.69) is 9.88 Å². The summed E-state index contributed by atoms with van der Waals surface area (Å²) in [6.45, 7) is 5.06. The minimum absolute atomic E-state index is 0.0152. The standard InChI is InChI=1S/C23H32N4O3/c1-25(20-7-3-2-4-8-20)23(28)27-17-22(24-18-27)19-6-5-9-21(16-19)30-15-12-26-10-13-29-14-11-26/h5-6,9,16-18,20H,2-4,7-8,10-15H2,1H3. The molecule has 2 fully saturated rings. The number of imidazole rings is 1. The summed E-state index contributed by atoms with van der Waals surface area (Å²) in [5, 5.41) is 0. The molecule has 7 heteroatoms. The predicted molar refractivity (Wildman–Crippen MR) is 116 cm³/mol. The van der Waals surface area contributed by atoms with Gasteiger partial charge in [0.25, 0.3) is 0 Å². The van der Waals surface area contributed by atoms with Crippen LogP contribution >= 0.6 is 0 Å². The monoisotopic (exact) mass is 412 g/mol. The molecule has 1 saturated carbocycles. The Hall–Kier alpha value is -2.38. The number of ether oxygens (including phenoxy) is 2. The zero-order valence-electron chi connectivity index (χ0n) is 17.8. The normalized spacial score (nSPS) is 18.3. The maximum atomic E-state index is 12.9. The molecule has 2 heterocycles. The van der Waals surface area contributed by atoms with Gasteiger partial charge in [0.05, 0.1) is 18.9 Å². The second-order valence-electron chi connectivity index (χ2n) is 8.18. The fourth-order valence-corrected chi connectivity index (χ4v) is 4.25. The van der Waals surface area contributed by atoms with Crippen molar-refractivity contribution in [1.29, 1.82) is 0 Å². The fraction of sp³-hybridized carbons (Fsp3) is 0.565. The van der Waals surface area contributed by atoms with Gasteiger partial charge in [0, 0.05) is 44.5 Å². The number of amides is 1. The second kappa shape index (κ2) is 10.1. The van der Waals surface area contributed by atoms with E-state index >= 15 is 0 Å². The molecule has 1 aliphatic carbocycles. The average Bonchev–Trinajstić information content (AvgIpc) is 3.30. The number of morpholine rings is 1. The molecular weight excluding hydrogens is 380 g/mol. The summed E-state index contributed by atoms with van der Waals surface area (Å²) >= 11 is 0. The highest BCUT2D eigenvalue weighted by atomic mass is 16.5. The second-order valence-corrected chi connectivity index (χ2v) is 8.18. The third-order valence-electron chi connectivity index (χ3n) is 6.14. The van der Waals surface area contributed by atoms with Crippen LogP contribution in [-0.4, -0.2) is 77.9 Å². The molecule has 7 nitrogen and oxygen atoms in total. The van der Waals surface area contributed by atoms with Gasteiger partial charge < -0.3 is 14.4 Å². The van der Waals surface area contributed by atoms with Crippen molar-refractivity contribution < 1.29 is 14.3 Å². The van der Waals surface area contributed by atoms with E-state index in [1.54, 1.807) is 10.9 Å². The van der Waals surface area contributed by atoms with Crippen LogP contribution in [0.25, 0.3) is 11.3 Å². The van der Waals surface area contributed by atoms with Crippen LogP contribution in [0.5, 0.6) is 5.75 Å². The van der Waals surface area contributed by atoms with Crippen molar-refractivity contribution in [3.8, 4) is 17.0 Å². The Kier molecular flexibility index (Phi) is 7.02. The molecule has 1 saturated heterocycles. The van der Waals surface area contributed by atoms with Crippen LogP contribution in [0.3, 0.4) is 0 Å². The summed E-state index contributed by atoms with van der Waals surface area (Å²) < 4.78 is 12.9. The minimum atomic E-state index is -0.0152. The number of aromatic nitrogens is 2. The highest BCUT2D eigenvalue weighted by Gasteiger charge is 2.23. The quantitative estimate of drug-likeness (QED) is 0.727. The minimum Gasteiger partial charge on any atom is -0.492 e. The molecule has 1 aliphatic heterocycles. The Morgan fingerprint density at radius 1 is 1.23 bits per heavy atom. The maximum Gasteiger partial charge on any atom is 0.329 e. The van der Waals surface area contributed by atoms with Gasteiger partial charge in [0.1, 0.15) is 18.7 Å². The molecule has 0 bridgehead atoms. The lowest BCUT2D eigenvalue weighted by Crippen LogP contribution is -2.40. The van der Waals surface area contributed by atoms with Crippen LogP contribution in [0, 0.1) is 0 Å². The van der Waals surface area contributed by atoms with E-state index in [1.807, 2.05) is 42.4 Å². The maximum absolute atomic E-state index is 12.9. The van der Waals surface area contributed by atoms with E-state index in [-0.39, 0.29) is 6.03 Å². The van der Waals surface area contributed by atoms with Gasteiger partial charge in [-0.2, -0.15) is 0 Å². The molecule has 0 unspecified atom stereocenters. The first-order valence-electron chi connectivity index (χ1n) is 11.1. The first-order valence-corrected chi connectivity index (χ1v) is 11.1. The molecule has 2 aromatic rings. The smallest absolute Gasteiger partial charge is 0.329 e. The summed E-state index contributed by atoms with van der Waals surface area (Å²) in [5.74, 6) is 0.820. The number of carbonyl (C=O) groups is 1. The van der Waals surface area contributed by atoms with E-state index < -0.39 is 0 Å². The van der Waals surface area contributed by atoms with Gasteiger partial charge >= 0.3 is 6.03 Å². The van der Waals surface area contributed by atoms with Crippen molar-refractivity contribution in [1.82, 2.24) is 19.4 Å². The first kappa shape index (κ1) is 20.9. The SMILES string of the molecule is CN(C(=O)n1cnc(-c2cccc(OCCN3CCOCC3)c2)c1)C1CCCCC1. The lowest BCUT2D eigenvalue weighted by Gasteiger charge is -2.31. The van der Waals surface area contributed by atoms with Crippen molar-refractivity contribution >= 4 is 6.03 Å². The Balaban J connectivity index is 1.35. The van der Waals surface area contributed by atoms with Crippen molar-refractivity contribution in [2.24, 2.45) is 0 Å². The average molecular weight is 413 g/mol. The van der Waals surface area contributed by atoms with E-state index in [9.17, 15) is 4.79 Å². The van der Waals surface area contributed by atoms with Crippen molar-refractivity contribution in [3.05, 3.63) is 36.8 Å². The molecule has 0 N–H and O–H groups in total. The first-order chi connectivity index (χ1) is 14.7. The predicted octanol–water partition coefficient (Wildman–Crippen LogP) is 3.49. The van der Waals surface area contributed by atoms with Gasteiger partial charge in [0.15, 0.2) is 0 Å². The Morgan fingerprint density at radius 3 is 2.83 bits per heavy atom. The highest BCUT2D eigenvalue weighted by molar-refractivity contribution is 5.78. The molecule has 0 spiro atoms. The molecular formula is C23H32N4O3. The molecule has 162 valence electrons. The molecule has 2 aliphatic rings. The molecule has 0 atom stereocenters. The van der Waals surface area contributed by atoms with Gasteiger partial charge in [-0.05, 0) is 25.0 Å². The molecule has 1 aromatic carbocycles. The number of nitrogens with zero attached hydrogens (tertiary/aromatic N) is 4. The zero-order valence-corrected chi connectivity index (χ0v) is 17.8. The van der Waals surface area contributed by atoms with Gasteiger partial charge in [-0.25, -0.2) is 9.78 Å². The number of carbonyl (C=O) groups excluding carboxylic acids is 1. The highest BCUT2D eigenvalue weighted by Crippen LogP contribution is 2.24. The van der Waals surface area contributed by atoms with Crippen LogP contribution in [0.1, 0.15) is 32.1 Å². The topological polar surface area (TPSA) is 59.8 Å². The lowest BCUT2D eigenvalue weighted by molar-refractivity contribution is 0.0322. The van der Waals surface area contributed by atoms with Crippen LogP contribution in [-0.2, 0) is 4.74 Å². The van der Waals surface area contributed by atoms with E-state index in [1.165, 1.54) is 19.3 Å². The Labute approximate surface area is 178 Å².